The van der Waals surface area contributed by atoms with Gasteiger partial charge in [-0.15, -0.1) is 0 Å². The number of unbranched alkanes of at least 4 members (excludes halogenated alkanes) is 1. The number of carbonyl (C=O) groups is 1. The Hall–Kier alpha value is -3.41. The molecule has 150 valence electrons. The summed E-state index contributed by atoms with van der Waals surface area (Å²) in [6.07, 6.45) is 3.85. The van der Waals surface area contributed by atoms with Crippen molar-refractivity contribution in [2.45, 2.75) is 32.9 Å². The molecule has 0 saturated heterocycles. The summed E-state index contributed by atoms with van der Waals surface area (Å²) < 4.78 is 2.13. The SMILES string of the molecule is CCCCN(Cc1cccn1Cc1ccccc1)C(=O)c1cccc([N+](=O)[O-])c1. The summed E-state index contributed by atoms with van der Waals surface area (Å²) in [7, 11) is 0. The lowest BCUT2D eigenvalue weighted by Crippen LogP contribution is -2.32. The number of benzene rings is 2. The largest absolute Gasteiger partial charge is 0.345 e. The van der Waals surface area contributed by atoms with E-state index >= 15 is 0 Å². The fraction of sp³-hybridized carbons (Fsp3) is 0.261. The van der Waals surface area contributed by atoms with Crippen LogP contribution in [0.3, 0.4) is 0 Å². The Bertz CT molecular complexity index is 966. The van der Waals surface area contributed by atoms with Crippen molar-refractivity contribution in [3.8, 4) is 0 Å². The molecule has 1 aromatic heterocycles. The van der Waals surface area contributed by atoms with Crippen molar-refractivity contribution in [1.82, 2.24) is 9.47 Å². The first kappa shape index (κ1) is 20.3. The minimum atomic E-state index is -0.474. The highest BCUT2D eigenvalue weighted by molar-refractivity contribution is 5.94. The van der Waals surface area contributed by atoms with Crippen LogP contribution in [0.2, 0.25) is 0 Å². The third kappa shape index (κ3) is 5.31. The van der Waals surface area contributed by atoms with E-state index in [4.69, 9.17) is 0 Å². The van der Waals surface area contributed by atoms with Crippen molar-refractivity contribution < 1.29 is 9.72 Å². The van der Waals surface area contributed by atoms with Gasteiger partial charge in [0.2, 0.25) is 0 Å². The maximum Gasteiger partial charge on any atom is 0.270 e. The molecule has 0 aliphatic heterocycles. The van der Waals surface area contributed by atoms with Crippen LogP contribution in [-0.2, 0) is 13.1 Å². The summed E-state index contributed by atoms with van der Waals surface area (Å²) in [6, 6.07) is 20.1. The van der Waals surface area contributed by atoms with Crippen LogP contribution in [0, 0.1) is 10.1 Å². The normalized spacial score (nSPS) is 10.7. The first-order valence-electron chi connectivity index (χ1n) is 9.80. The molecule has 0 bridgehead atoms. The summed E-state index contributed by atoms with van der Waals surface area (Å²) in [5.41, 5.74) is 2.49. The standard InChI is InChI=1S/C23H25N3O3/c1-2-3-14-25(23(27)20-11-7-12-21(16-20)26(28)29)18-22-13-8-15-24(22)17-19-9-5-4-6-10-19/h4-13,15-16H,2-3,14,17-18H2,1H3. The summed E-state index contributed by atoms with van der Waals surface area (Å²) in [5.74, 6) is -0.186. The summed E-state index contributed by atoms with van der Waals surface area (Å²) in [6.45, 7) is 3.87. The Labute approximate surface area is 170 Å². The van der Waals surface area contributed by atoms with Crippen molar-refractivity contribution in [3.05, 3.63) is 99.9 Å². The molecule has 3 aromatic rings. The van der Waals surface area contributed by atoms with E-state index in [0.717, 1.165) is 25.1 Å². The number of nitro groups is 1. The van der Waals surface area contributed by atoms with Gasteiger partial charge in [0.05, 0.1) is 11.5 Å². The van der Waals surface area contributed by atoms with E-state index < -0.39 is 4.92 Å². The van der Waals surface area contributed by atoms with Gasteiger partial charge in [0, 0.05) is 42.7 Å². The molecule has 1 amide bonds. The molecule has 29 heavy (non-hydrogen) atoms. The maximum absolute atomic E-state index is 13.1. The van der Waals surface area contributed by atoms with Gasteiger partial charge < -0.3 is 9.47 Å². The number of aromatic nitrogens is 1. The van der Waals surface area contributed by atoms with Crippen LogP contribution in [0.25, 0.3) is 0 Å². The number of rotatable bonds is 9. The van der Waals surface area contributed by atoms with E-state index in [9.17, 15) is 14.9 Å². The maximum atomic E-state index is 13.1. The molecule has 2 aromatic carbocycles. The molecule has 1 heterocycles. The summed E-state index contributed by atoms with van der Waals surface area (Å²) in [5, 5.41) is 11.1. The van der Waals surface area contributed by atoms with Crippen LogP contribution < -0.4 is 0 Å². The van der Waals surface area contributed by atoms with Gasteiger partial charge in [0.15, 0.2) is 0 Å². The summed E-state index contributed by atoms with van der Waals surface area (Å²) >= 11 is 0. The molecule has 0 unspecified atom stereocenters. The number of non-ortho nitro benzene ring substituents is 1. The second-order valence-corrected chi connectivity index (χ2v) is 7.00. The number of carbonyl (C=O) groups excluding carboxylic acids is 1. The van der Waals surface area contributed by atoms with Gasteiger partial charge in [-0.25, -0.2) is 0 Å². The molecule has 0 aliphatic rings. The lowest BCUT2D eigenvalue weighted by molar-refractivity contribution is -0.384. The lowest BCUT2D eigenvalue weighted by atomic mass is 10.1. The van der Waals surface area contributed by atoms with E-state index in [0.29, 0.717) is 18.7 Å². The fourth-order valence-corrected chi connectivity index (χ4v) is 3.26. The quantitative estimate of drug-likeness (QED) is 0.385. The molecule has 0 atom stereocenters. The Kier molecular flexibility index (Phi) is 6.79. The van der Waals surface area contributed by atoms with Crippen molar-refractivity contribution >= 4 is 11.6 Å². The third-order valence-corrected chi connectivity index (χ3v) is 4.84. The number of nitrogens with zero attached hydrogens (tertiary/aromatic N) is 3. The monoisotopic (exact) mass is 391 g/mol. The first-order chi connectivity index (χ1) is 14.1. The van der Waals surface area contributed by atoms with Gasteiger partial charge in [-0.1, -0.05) is 49.7 Å². The van der Waals surface area contributed by atoms with Crippen LogP contribution in [0.4, 0.5) is 5.69 Å². The molecular formula is C23H25N3O3. The average Bonchev–Trinajstić information content (AvgIpc) is 3.18. The van der Waals surface area contributed by atoms with E-state index in [1.165, 1.54) is 17.7 Å². The fourth-order valence-electron chi connectivity index (χ4n) is 3.26. The zero-order chi connectivity index (χ0) is 20.6. The molecule has 0 N–H and O–H groups in total. The predicted octanol–water partition coefficient (Wildman–Crippen LogP) is 4.89. The van der Waals surface area contributed by atoms with Gasteiger partial charge in [-0.2, -0.15) is 0 Å². The smallest absolute Gasteiger partial charge is 0.270 e. The number of hydrogen-bond acceptors (Lipinski definition) is 3. The predicted molar refractivity (Wildman–Crippen MR) is 113 cm³/mol. The van der Waals surface area contributed by atoms with Crippen molar-refractivity contribution in [2.24, 2.45) is 0 Å². The molecule has 0 spiro atoms. The molecule has 3 rings (SSSR count). The molecule has 0 fully saturated rings. The van der Waals surface area contributed by atoms with Gasteiger partial charge >= 0.3 is 0 Å². The highest BCUT2D eigenvalue weighted by Gasteiger charge is 2.19. The Morgan fingerprint density at radius 1 is 1.07 bits per heavy atom. The number of nitro benzene ring substituents is 1. The second kappa shape index (κ2) is 9.68. The molecular weight excluding hydrogens is 366 g/mol. The van der Waals surface area contributed by atoms with E-state index in [1.807, 2.05) is 36.5 Å². The Balaban J connectivity index is 1.81. The molecule has 6 nitrogen and oxygen atoms in total. The average molecular weight is 391 g/mol. The molecule has 0 aliphatic carbocycles. The van der Waals surface area contributed by atoms with Crippen LogP contribution in [-0.4, -0.2) is 26.8 Å². The van der Waals surface area contributed by atoms with Crippen LogP contribution in [0.1, 0.15) is 41.4 Å². The first-order valence-corrected chi connectivity index (χ1v) is 9.80. The van der Waals surface area contributed by atoms with E-state index in [1.54, 1.807) is 17.0 Å². The molecule has 0 saturated carbocycles. The summed E-state index contributed by atoms with van der Waals surface area (Å²) in [4.78, 5) is 25.5. The zero-order valence-corrected chi connectivity index (χ0v) is 16.5. The topological polar surface area (TPSA) is 68.4 Å². The van der Waals surface area contributed by atoms with E-state index in [-0.39, 0.29) is 11.6 Å². The highest BCUT2D eigenvalue weighted by Crippen LogP contribution is 2.18. The molecule has 0 radical (unpaired) electrons. The van der Waals surface area contributed by atoms with E-state index in [2.05, 4.69) is 23.6 Å². The molecule has 6 heteroatoms. The van der Waals surface area contributed by atoms with Crippen LogP contribution in [0.15, 0.2) is 72.9 Å². The minimum Gasteiger partial charge on any atom is -0.345 e. The second-order valence-electron chi connectivity index (χ2n) is 7.00. The van der Waals surface area contributed by atoms with Crippen molar-refractivity contribution in [1.29, 1.82) is 0 Å². The number of hydrogen-bond donors (Lipinski definition) is 0. The third-order valence-electron chi connectivity index (χ3n) is 4.84. The Morgan fingerprint density at radius 2 is 1.86 bits per heavy atom. The zero-order valence-electron chi connectivity index (χ0n) is 16.5. The Morgan fingerprint density at radius 3 is 2.59 bits per heavy atom. The van der Waals surface area contributed by atoms with Crippen molar-refractivity contribution in [3.63, 3.8) is 0 Å². The van der Waals surface area contributed by atoms with Crippen LogP contribution in [0.5, 0.6) is 0 Å². The number of amides is 1. The van der Waals surface area contributed by atoms with Gasteiger partial charge in [-0.3, -0.25) is 14.9 Å². The minimum absolute atomic E-state index is 0.0706. The van der Waals surface area contributed by atoms with Crippen LogP contribution >= 0.6 is 0 Å². The van der Waals surface area contributed by atoms with Gasteiger partial charge in [-0.05, 0) is 30.2 Å². The highest BCUT2D eigenvalue weighted by atomic mass is 16.6. The van der Waals surface area contributed by atoms with Crippen molar-refractivity contribution in [2.75, 3.05) is 6.54 Å². The van der Waals surface area contributed by atoms with Gasteiger partial charge in [0.1, 0.15) is 0 Å². The lowest BCUT2D eigenvalue weighted by Gasteiger charge is -2.23. The van der Waals surface area contributed by atoms with Gasteiger partial charge in [0.25, 0.3) is 11.6 Å².